The minimum atomic E-state index is -0.409. The smallest absolute Gasteiger partial charge is 0.256 e. The van der Waals surface area contributed by atoms with Gasteiger partial charge in [0.15, 0.2) is 0 Å². The first kappa shape index (κ1) is 16.0. The molecule has 0 saturated carbocycles. The summed E-state index contributed by atoms with van der Waals surface area (Å²) in [6.07, 6.45) is 1.25. The molecule has 0 aromatic heterocycles. The van der Waals surface area contributed by atoms with Crippen molar-refractivity contribution in [1.82, 2.24) is 5.32 Å². The van der Waals surface area contributed by atoms with E-state index in [-0.39, 0.29) is 13.2 Å². The highest BCUT2D eigenvalue weighted by molar-refractivity contribution is 6.16. The molecule has 1 aromatic rings. The molecule has 0 bridgehead atoms. The van der Waals surface area contributed by atoms with Crippen molar-refractivity contribution in [3.05, 3.63) is 35.4 Å². The zero-order chi connectivity index (χ0) is 15.9. The van der Waals surface area contributed by atoms with E-state index in [1.165, 1.54) is 6.08 Å². The highest BCUT2D eigenvalue weighted by Crippen LogP contribution is 2.29. The molecule has 1 aromatic carbocycles. The van der Waals surface area contributed by atoms with Gasteiger partial charge in [-0.2, -0.15) is 0 Å². The molecule has 118 valence electrons. The van der Waals surface area contributed by atoms with Gasteiger partial charge in [0.25, 0.3) is 11.8 Å². The first-order valence-corrected chi connectivity index (χ1v) is 7.16. The van der Waals surface area contributed by atoms with Gasteiger partial charge < -0.3 is 14.2 Å². The number of imide groups is 1. The first-order valence-electron chi connectivity index (χ1n) is 7.16. The summed E-state index contributed by atoms with van der Waals surface area (Å²) in [6.45, 7) is 5.15. The van der Waals surface area contributed by atoms with Crippen LogP contribution in [0.15, 0.2) is 29.8 Å². The zero-order valence-electron chi connectivity index (χ0n) is 12.7. The fourth-order valence-corrected chi connectivity index (χ4v) is 2.09. The van der Waals surface area contributed by atoms with Crippen LogP contribution < -0.4 is 14.8 Å². The van der Waals surface area contributed by atoms with E-state index >= 15 is 0 Å². The number of hydrogen-bond acceptors (Lipinski definition) is 5. The van der Waals surface area contributed by atoms with Gasteiger partial charge in [-0.15, -0.1) is 0 Å². The molecule has 2 amide bonds. The molecular formula is C16H19NO5. The van der Waals surface area contributed by atoms with Crippen LogP contribution in [0, 0.1) is 0 Å². The number of ether oxygens (including phenoxy) is 3. The van der Waals surface area contributed by atoms with Gasteiger partial charge in [-0.1, -0.05) is 6.07 Å². The van der Waals surface area contributed by atoms with Gasteiger partial charge in [0.1, 0.15) is 11.5 Å². The van der Waals surface area contributed by atoms with Crippen molar-refractivity contribution in [3.63, 3.8) is 0 Å². The number of carbonyl (C=O) groups excluding carboxylic acids is 2. The lowest BCUT2D eigenvalue weighted by atomic mass is 10.2. The van der Waals surface area contributed by atoms with Crippen molar-refractivity contribution in [1.29, 1.82) is 0 Å². The molecule has 6 nitrogen and oxygen atoms in total. The predicted octanol–water partition coefficient (Wildman–Crippen LogP) is 1.58. The van der Waals surface area contributed by atoms with Crippen molar-refractivity contribution in [3.8, 4) is 11.5 Å². The summed E-state index contributed by atoms with van der Waals surface area (Å²) in [5.41, 5.74) is 1.10. The van der Waals surface area contributed by atoms with E-state index in [1.807, 2.05) is 32.0 Å². The fourth-order valence-electron chi connectivity index (χ4n) is 2.09. The molecule has 0 unspecified atom stereocenters. The van der Waals surface area contributed by atoms with Gasteiger partial charge in [0.05, 0.1) is 32.0 Å². The summed E-state index contributed by atoms with van der Waals surface area (Å²) in [6, 6.07) is 5.54. The lowest BCUT2D eigenvalue weighted by Crippen LogP contribution is -2.23. The van der Waals surface area contributed by atoms with Gasteiger partial charge in [0.2, 0.25) is 0 Å². The summed E-state index contributed by atoms with van der Waals surface area (Å²) in [7, 11) is 0. The average Bonchev–Trinajstić information content (AvgIpc) is 2.80. The second-order valence-corrected chi connectivity index (χ2v) is 4.58. The van der Waals surface area contributed by atoms with Crippen LogP contribution in [0.2, 0.25) is 0 Å². The van der Waals surface area contributed by atoms with E-state index in [0.29, 0.717) is 30.3 Å². The van der Waals surface area contributed by atoms with E-state index in [0.717, 1.165) is 5.56 Å². The maximum Gasteiger partial charge on any atom is 0.256 e. The second-order valence-electron chi connectivity index (χ2n) is 4.58. The molecule has 0 radical (unpaired) electrons. The van der Waals surface area contributed by atoms with Crippen LogP contribution >= 0.6 is 0 Å². The Balaban J connectivity index is 2.06. The third-order valence-corrected chi connectivity index (χ3v) is 3.03. The Hall–Kier alpha value is -2.34. The number of hydrogen-bond donors (Lipinski definition) is 1. The molecule has 1 aliphatic heterocycles. The normalized spacial score (nSPS) is 13.8. The molecule has 22 heavy (non-hydrogen) atoms. The zero-order valence-corrected chi connectivity index (χ0v) is 12.7. The van der Waals surface area contributed by atoms with Crippen molar-refractivity contribution in [2.45, 2.75) is 20.5 Å². The molecule has 1 aliphatic rings. The van der Waals surface area contributed by atoms with Crippen LogP contribution in [-0.4, -0.2) is 31.6 Å². The standard InChI is InChI=1S/C16H19NO5/c1-3-21-13-6-5-7-14(22-4-2)12(13)10-20-9-11-8-15(18)17-16(11)19/h5-8H,3-4,9-10H2,1-2H3,(H,17,18,19). The van der Waals surface area contributed by atoms with E-state index in [4.69, 9.17) is 14.2 Å². The number of amides is 2. The molecule has 0 spiro atoms. The van der Waals surface area contributed by atoms with Crippen LogP contribution in [0.3, 0.4) is 0 Å². The van der Waals surface area contributed by atoms with Crippen molar-refractivity contribution >= 4 is 11.8 Å². The fraction of sp³-hybridized carbons (Fsp3) is 0.375. The summed E-state index contributed by atoms with van der Waals surface area (Å²) >= 11 is 0. The van der Waals surface area contributed by atoms with Crippen LogP contribution in [0.4, 0.5) is 0 Å². The van der Waals surface area contributed by atoms with Gasteiger partial charge in [-0.25, -0.2) is 0 Å². The van der Waals surface area contributed by atoms with Crippen LogP contribution in [0.1, 0.15) is 19.4 Å². The van der Waals surface area contributed by atoms with E-state index in [9.17, 15) is 9.59 Å². The quantitative estimate of drug-likeness (QED) is 0.738. The first-order chi connectivity index (χ1) is 10.7. The summed E-state index contributed by atoms with van der Waals surface area (Å²) in [5, 5.41) is 2.18. The minimum absolute atomic E-state index is 0.0591. The summed E-state index contributed by atoms with van der Waals surface area (Å²) in [5.74, 6) is 0.560. The highest BCUT2D eigenvalue weighted by atomic mass is 16.5. The topological polar surface area (TPSA) is 73.9 Å². The van der Waals surface area contributed by atoms with Crippen LogP contribution in [-0.2, 0) is 20.9 Å². The van der Waals surface area contributed by atoms with E-state index < -0.39 is 11.8 Å². The lowest BCUT2D eigenvalue weighted by molar-refractivity contribution is -0.124. The van der Waals surface area contributed by atoms with Gasteiger partial charge in [0, 0.05) is 11.6 Å². The SMILES string of the molecule is CCOc1cccc(OCC)c1COCC1=CC(=O)NC1=O. The summed E-state index contributed by atoms with van der Waals surface area (Å²) < 4.78 is 16.7. The molecule has 0 atom stereocenters. The van der Waals surface area contributed by atoms with Crippen LogP contribution in [0.25, 0.3) is 0 Å². The number of benzene rings is 1. The Kier molecular flexibility index (Phi) is 5.55. The Morgan fingerprint density at radius 2 is 1.64 bits per heavy atom. The number of nitrogens with one attached hydrogen (secondary N) is 1. The monoisotopic (exact) mass is 305 g/mol. The van der Waals surface area contributed by atoms with Gasteiger partial charge in [-0.05, 0) is 26.0 Å². The molecule has 1 N–H and O–H groups in total. The van der Waals surface area contributed by atoms with Gasteiger partial charge >= 0.3 is 0 Å². The van der Waals surface area contributed by atoms with E-state index in [1.54, 1.807) is 0 Å². The molecule has 0 aliphatic carbocycles. The average molecular weight is 305 g/mol. The largest absolute Gasteiger partial charge is 0.493 e. The third kappa shape index (κ3) is 3.85. The Morgan fingerprint density at radius 3 is 2.14 bits per heavy atom. The summed E-state index contributed by atoms with van der Waals surface area (Å²) in [4.78, 5) is 22.5. The number of rotatable bonds is 8. The number of carbonyl (C=O) groups is 2. The molecule has 6 heteroatoms. The van der Waals surface area contributed by atoms with E-state index in [2.05, 4.69) is 5.32 Å². The molecule has 0 saturated heterocycles. The molecule has 0 fully saturated rings. The Morgan fingerprint density at radius 1 is 1.00 bits per heavy atom. The maximum atomic E-state index is 11.4. The molecule has 1 heterocycles. The third-order valence-electron chi connectivity index (χ3n) is 3.03. The van der Waals surface area contributed by atoms with Crippen molar-refractivity contribution in [2.75, 3.05) is 19.8 Å². The van der Waals surface area contributed by atoms with Crippen molar-refractivity contribution < 1.29 is 23.8 Å². The molecular weight excluding hydrogens is 286 g/mol. The second kappa shape index (κ2) is 7.61. The Labute approximate surface area is 129 Å². The van der Waals surface area contributed by atoms with Crippen molar-refractivity contribution in [2.24, 2.45) is 0 Å². The minimum Gasteiger partial charge on any atom is -0.493 e. The maximum absolute atomic E-state index is 11.4. The lowest BCUT2D eigenvalue weighted by Gasteiger charge is -2.15. The highest BCUT2D eigenvalue weighted by Gasteiger charge is 2.21. The molecule has 2 rings (SSSR count). The predicted molar refractivity (Wildman–Crippen MR) is 79.7 cm³/mol. The van der Waals surface area contributed by atoms with Crippen LogP contribution in [0.5, 0.6) is 11.5 Å². The Bertz CT molecular complexity index is 570. The van der Waals surface area contributed by atoms with Gasteiger partial charge in [-0.3, -0.25) is 14.9 Å².